The van der Waals surface area contributed by atoms with E-state index in [9.17, 15) is 13.2 Å². The molecular weight excluding hydrogens is 217 g/mol. The molecule has 2 aromatic rings. The van der Waals surface area contributed by atoms with Gasteiger partial charge >= 0.3 is 6.18 Å². The average molecular weight is 224 g/mol. The number of halogens is 3. The fourth-order valence-electron chi connectivity index (χ4n) is 1.29. The Hall–Kier alpha value is -1.91. The van der Waals surface area contributed by atoms with E-state index in [0.717, 1.165) is 12.1 Å². The summed E-state index contributed by atoms with van der Waals surface area (Å²) in [6.07, 6.45) is -2.80. The maximum Gasteiger partial charge on any atom is 0.416 e. The van der Waals surface area contributed by atoms with E-state index >= 15 is 0 Å². The first kappa shape index (κ1) is 10.6. The number of rotatable bonds is 1. The first-order valence-corrected chi connectivity index (χ1v) is 4.53. The largest absolute Gasteiger partial charge is 0.416 e. The van der Waals surface area contributed by atoms with Crippen molar-refractivity contribution in [2.45, 2.75) is 6.18 Å². The molecule has 1 heterocycles. The van der Waals surface area contributed by atoms with E-state index in [1.54, 1.807) is 12.1 Å². The fraction of sp³-hybridized carbons (Fsp3) is 0.0909. The van der Waals surface area contributed by atoms with Crippen LogP contribution in [0.5, 0.6) is 0 Å². The van der Waals surface area contributed by atoms with Crippen LogP contribution in [0, 0.1) is 0 Å². The highest BCUT2D eigenvalue weighted by Crippen LogP contribution is 2.30. The molecule has 1 aromatic carbocycles. The van der Waals surface area contributed by atoms with Gasteiger partial charge in [0, 0.05) is 11.8 Å². The van der Waals surface area contributed by atoms with E-state index in [4.69, 9.17) is 0 Å². The lowest BCUT2D eigenvalue weighted by molar-refractivity contribution is -0.137. The smallest absolute Gasteiger partial charge is 0.166 e. The number of hydrogen-bond donors (Lipinski definition) is 0. The third-order valence-corrected chi connectivity index (χ3v) is 2.08. The van der Waals surface area contributed by atoms with Crippen LogP contribution in [0.3, 0.4) is 0 Å². The first-order chi connectivity index (χ1) is 7.57. The van der Waals surface area contributed by atoms with Crippen LogP contribution in [0.15, 0.2) is 42.6 Å². The van der Waals surface area contributed by atoms with Gasteiger partial charge in [0.25, 0.3) is 0 Å². The van der Waals surface area contributed by atoms with Crippen molar-refractivity contribution < 1.29 is 13.2 Å². The lowest BCUT2D eigenvalue weighted by Crippen LogP contribution is -2.04. The highest BCUT2D eigenvalue weighted by molar-refractivity contribution is 5.58. The van der Waals surface area contributed by atoms with Crippen LogP contribution < -0.4 is 0 Å². The summed E-state index contributed by atoms with van der Waals surface area (Å²) in [6, 6.07) is 8.20. The Kier molecular flexibility index (Phi) is 2.60. The molecule has 0 atom stereocenters. The zero-order valence-electron chi connectivity index (χ0n) is 8.07. The van der Waals surface area contributed by atoms with Gasteiger partial charge in [0.05, 0.1) is 11.3 Å². The molecule has 0 radical (unpaired) electrons. The Balaban J connectivity index is 2.34. The predicted octanol–water partition coefficient (Wildman–Crippen LogP) is 3.16. The van der Waals surface area contributed by atoms with Crippen molar-refractivity contribution in [2.75, 3.05) is 0 Å². The zero-order valence-corrected chi connectivity index (χ0v) is 8.07. The van der Waals surface area contributed by atoms with Gasteiger partial charge in [0.1, 0.15) is 0 Å². The van der Waals surface area contributed by atoms with Crippen LogP contribution in [-0.4, -0.2) is 10.2 Å². The molecule has 0 aliphatic heterocycles. The molecule has 0 unspecified atom stereocenters. The highest BCUT2D eigenvalue weighted by atomic mass is 19.4. The van der Waals surface area contributed by atoms with Gasteiger partial charge in [-0.05, 0) is 24.3 Å². The van der Waals surface area contributed by atoms with Gasteiger partial charge in [-0.15, -0.1) is 0 Å². The Morgan fingerprint density at radius 3 is 2.12 bits per heavy atom. The van der Waals surface area contributed by atoms with Crippen LogP contribution in [-0.2, 0) is 6.18 Å². The molecule has 2 nitrogen and oxygen atoms in total. The van der Waals surface area contributed by atoms with E-state index in [-0.39, 0.29) is 0 Å². The van der Waals surface area contributed by atoms with Gasteiger partial charge in [0.15, 0.2) is 0 Å². The molecule has 1 aromatic heterocycles. The summed E-state index contributed by atoms with van der Waals surface area (Å²) >= 11 is 0. The van der Waals surface area contributed by atoms with Crippen molar-refractivity contribution in [3.05, 3.63) is 48.2 Å². The molecule has 0 saturated carbocycles. The van der Waals surface area contributed by atoms with Crippen molar-refractivity contribution in [2.24, 2.45) is 0 Å². The summed E-state index contributed by atoms with van der Waals surface area (Å²) in [5.74, 6) is 0. The minimum Gasteiger partial charge on any atom is -0.166 e. The van der Waals surface area contributed by atoms with E-state index < -0.39 is 11.7 Å². The van der Waals surface area contributed by atoms with E-state index in [2.05, 4.69) is 10.2 Å². The van der Waals surface area contributed by atoms with E-state index in [1.165, 1.54) is 18.3 Å². The molecule has 16 heavy (non-hydrogen) atoms. The van der Waals surface area contributed by atoms with Gasteiger partial charge < -0.3 is 0 Å². The number of nitrogens with zero attached hydrogens (tertiary/aromatic N) is 2. The minimum absolute atomic E-state index is 0.552. The predicted molar refractivity (Wildman–Crippen MR) is 52.5 cm³/mol. The van der Waals surface area contributed by atoms with Gasteiger partial charge in [-0.2, -0.15) is 23.4 Å². The van der Waals surface area contributed by atoms with Gasteiger partial charge in [-0.25, -0.2) is 0 Å². The van der Waals surface area contributed by atoms with Gasteiger partial charge in [-0.1, -0.05) is 12.1 Å². The monoisotopic (exact) mass is 224 g/mol. The molecule has 0 aliphatic rings. The van der Waals surface area contributed by atoms with Crippen LogP contribution in [0.25, 0.3) is 11.3 Å². The molecule has 82 valence electrons. The van der Waals surface area contributed by atoms with Crippen molar-refractivity contribution in [1.29, 1.82) is 0 Å². The molecule has 2 rings (SSSR count). The van der Waals surface area contributed by atoms with Crippen LogP contribution >= 0.6 is 0 Å². The van der Waals surface area contributed by atoms with Gasteiger partial charge in [0.2, 0.25) is 0 Å². The second-order valence-electron chi connectivity index (χ2n) is 3.18. The lowest BCUT2D eigenvalue weighted by Gasteiger charge is -2.06. The van der Waals surface area contributed by atoms with E-state index in [0.29, 0.717) is 11.3 Å². The summed E-state index contributed by atoms with van der Waals surface area (Å²) < 4.78 is 36.9. The molecule has 0 N–H and O–H groups in total. The maximum atomic E-state index is 12.3. The highest BCUT2D eigenvalue weighted by Gasteiger charge is 2.29. The van der Waals surface area contributed by atoms with Gasteiger partial charge in [-0.3, -0.25) is 0 Å². The molecule has 0 aliphatic carbocycles. The molecule has 0 spiro atoms. The third-order valence-electron chi connectivity index (χ3n) is 2.08. The Morgan fingerprint density at radius 2 is 1.62 bits per heavy atom. The molecule has 0 fully saturated rings. The van der Waals surface area contributed by atoms with Crippen molar-refractivity contribution >= 4 is 0 Å². The van der Waals surface area contributed by atoms with Crippen molar-refractivity contribution in [3.8, 4) is 11.3 Å². The molecular formula is C11H7F3N2. The van der Waals surface area contributed by atoms with Crippen LogP contribution in [0.4, 0.5) is 13.2 Å². The number of hydrogen-bond acceptors (Lipinski definition) is 2. The summed E-state index contributed by atoms with van der Waals surface area (Å²) in [4.78, 5) is 0. The third kappa shape index (κ3) is 2.18. The lowest BCUT2D eigenvalue weighted by atomic mass is 10.1. The van der Waals surface area contributed by atoms with Crippen LogP contribution in [0.1, 0.15) is 5.56 Å². The number of benzene rings is 1. The van der Waals surface area contributed by atoms with Crippen molar-refractivity contribution in [3.63, 3.8) is 0 Å². The Labute approximate surface area is 89.8 Å². The second kappa shape index (κ2) is 3.92. The molecule has 5 heteroatoms. The van der Waals surface area contributed by atoms with Crippen LogP contribution in [0.2, 0.25) is 0 Å². The number of aromatic nitrogens is 2. The SMILES string of the molecule is FC(F)(F)c1ccc(-c2cccnn2)cc1. The molecule has 0 saturated heterocycles. The topological polar surface area (TPSA) is 25.8 Å². The quantitative estimate of drug-likeness (QED) is 0.743. The Bertz CT molecular complexity index is 463. The zero-order chi connectivity index (χ0) is 11.6. The molecule has 0 amide bonds. The minimum atomic E-state index is -4.30. The maximum absolute atomic E-state index is 12.3. The summed E-state index contributed by atoms with van der Waals surface area (Å²) in [5.41, 5.74) is 0.498. The first-order valence-electron chi connectivity index (χ1n) is 4.53. The number of alkyl halides is 3. The second-order valence-corrected chi connectivity index (χ2v) is 3.18. The average Bonchev–Trinajstić information content (AvgIpc) is 2.29. The standard InChI is InChI=1S/C11H7F3N2/c12-11(13,14)9-5-3-8(4-6-9)10-2-1-7-15-16-10/h1-7H. The van der Waals surface area contributed by atoms with Crippen molar-refractivity contribution in [1.82, 2.24) is 10.2 Å². The summed E-state index contributed by atoms with van der Waals surface area (Å²) in [5, 5.41) is 7.47. The van der Waals surface area contributed by atoms with E-state index in [1.807, 2.05) is 0 Å². The Morgan fingerprint density at radius 1 is 0.938 bits per heavy atom. The fourth-order valence-corrected chi connectivity index (χ4v) is 1.29. The summed E-state index contributed by atoms with van der Waals surface area (Å²) in [6.45, 7) is 0. The molecule has 0 bridgehead atoms. The normalized spacial score (nSPS) is 11.4. The summed E-state index contributed by atoms with van der Waals surface area (Å²) in [7, 11) is 0.